The first-order valence-corrected chi connectivity index (χ1v) is 6.32. The van der Waals surface area contributed by atoms with Crippen molar-refractivity contribution in [2.75, 3.05) is 13.2 Å². The van der Waals surface area contributed by atoms with Crippen LogP contribution in [0.5, 0.6) is 0 Å². The number of aromatic nitrogens is 2. The van der Waals surface area contributed by atoms with Crippen molar-refractivity contribution in [3.8, 4) is 0 Å². The van der Waals surface area contributed by atoms with Crippen LogP contribution in [0, 0.1) is 12.9 Å². The fraction of sp³-hybridized carbons (Fsp3) is 0.385. The van der Waals surface area contributed by atoms with E-state index in [1.54, 1.807) is 0 Å². The van der Waals surface area contributed by atoms with Gasteiger partial charge in [-0.25, -0.2) is 4.98 Å². The van der Waals surface area contributed by atoms with Crippen molar-refractivity contribution in [1.82, 2.24) is 9.97 Å². The molecule has 1 aliphatic rings. The minimum absolute atomic E-state index is 0.174. The Bertz CT molecular complexity index is 794. The highest BCUT2D eigenvalue weighted by Gasteiger charge is 2.40. The third-order valence-electron chi connectivity index (χ3n) is 3.23. The molecule has 2 aromatic rings. The predicted molar refractivity (Wildman–Crippen MR) is 66.7 cm³/mol. The van der Waals surface area contributed by atoms with E-state index in [0.29, 0.717) is 0 Å². The summed E-state index contributed by atoms with van der Waals surface area (Å²) >= 11 is 0. The number of fused-ring (bicyclic) bond motifs is 1. The molecule has 9 heteroatoms. The van der Waals surface area contributed by atoms with E-state index < -0.39 is 34.9 Å². The highest BCUT2D eigenvalue weighted by Crippen LogP contribution is 2.37. The van der Waals surface area contributed by atoms with Crippen molar-refractivity contribution in [3.05, 3.63) is 39.2 Å². The summed E-state index contributed by atoms with van der Waals surface area (Å²) in [7, 11) is 0. The van der Waals surface area contributed by atoms with Gasteiger partial charge in [-0.1, -0.05) is 0 Å². The number of H-pyrrole nitrogens is 1. The Balaban J connectivity index is 2.43. The zero-order chi connectivity index (χ0) is 16.1. The molecule has 0 saturated carbocycles. The van der Waals surface area contributed by atoms with Crippen molar-refractivity contribution in [2.45, 2.75) is 19.4 Å². The van der Waals surface area contributed by atoms with Gasteiger partial charge in [0.15, 0.2) is 5.43 Å². The molecule has 1 aliphatic heterocycles. The van der Waals surface area contributed by atoms with E-state index in [4.69, 9.17) is 9.47 Å². The van der Waals surface area contributed by atoms with Gasteiger partial charge in [-0.3, -0.25) is 4.79 Å². The highest BCUT2D eigenvalue weighted by atomic mass is 19.4. The molecule has 1 N–H and O–H groups in total. The highest BCUT2D eigenvalue weighted by molar-refractivity contribution is 5.84. The van der Waals surface area contributed by atoms with Gasteiger partial charge in [0.1, 0.15) is 11.3 Å². The van der Waals surface area contributed by atoms with E-state index >= 15 is 0 Å². The summed E-state index contributed by atoms with van der Waals surface area (Å²) in [5, 5.41) is -0.383. The molecule has 1 saturated heterocycles. The van der Waals surface area contributed by atoms with Crippen LogP contribution in [0.2, 0.25) is 0 Å². The number of aromatic amines is 1. The summed E-state index contributed by atoms with van der Waals surface area (Å²) in [4.78, 5) is 17.8. The lowest BCUT2D eigenvalue weighted by molar-refractivity contribution is -0.139. The third kappa shape index (κ3) is 2.35. The largest absolute Gasteiger partial charge is 0.422 e. The lowest BCUT2D eigenvalue weighted by Crippen LogP contribution is -2.19. The quantitative estimate of drug-likeness (QED) is 0.648. The molecule has 0 amide bonds. The molecule has 0 radical (unpaired) electrons. The van der Waals surface area contributed by atoms with Crippen molar-refractivity contribution < 1.29 is 27.0 Å². The van der Waals surface area contributed by atoms with Gasteiger partial charge < -0.3 is 14.5 Å². The molecule has 0 atom stereocenters. The van der Waals surface area contributed by atoms with Gasteiger partial charge in [0.2, 0.25) is 12.2 Å². The van der Waals surface area contributed by atoms with Crippen LogP contribution >= 0.6 is 0 Å². The second-order valence-corrected chi connectivity index (χ2v) is 4.80. The number of rotatable bonds is 1. The summed E-state index contributed by atoms with van der Waals surface area (Å²) in [6.07, 6.45) is -6.16. The standard InChI is InChI=1S/C13H10F4N2O3/c1-5-4-6(20)7-9(18-5)8(13(15,16)17)11(14)19-10(7)12-21-2-3-22-12/h4,12H,2-3H2,1H3,(H,18,20). The molecular weight excluding hydrogens is 308 g/mol. The first-order valence-electron chi connectivity index (χ1n) is 6.32. The van der Waals surface area contributed by atoms with Crippen LogP contribution in [-0.4, -0.2) is 23.2 Å². The van der Waals surface area contributed by atoms with Crippen molar-refractivity contribution in [3.63, 3.8) is 0 Å². The van der Waals surface area contributed by atoms with Crippen LogP contribution < -0.4 is 5.43 Å². The first kappa shape index (κ1) is 14.9. The summed E-state index contributed by atoms with van der Waals surface area (Å²) in [6, 6.07) is 1.11. The van der Waals surface area contributed by atoms with Gasteiger partial charge in [-0.2, -0.15) is 17.6 Å². The Hall–Kier alpha value is -2.00. The lowest BCUT2D eigenvalue weighted by atomic mass is 10.1. The number of pyridine rings is 2. The first-order chi connectivity index (χ1) is 10.3. The van der Waals surface area contributed by atoms with E-state index in [2.05, 4.69) is 9.97 Å². The number of nitrogens with one attached hydrogen (secondary N) is 1. The maximum Gasteiger partial charge on any atom is 0.422 e. The Kier molecular flexibility index (Phi) is 3.41. The fourth-order valence-electron chi connectivity index (χ4n) is 2.40. The Morgan fingerprint density at radius 3 is 2.55 bits per heavy atom. The number of halogens is 4. The molecule has 5 nitrogen and oxygen atoms in total. The normalized spacial score (nSPS) is 16.6. The molecule has 0 aliphatic carbocycles. The molecule has 0 aromatic carbocycles. The summed E-state index contributed by atoms with van der Waals surface area (Å²) in [5.41, 5.74) is -3.09. The Morgan fingerprint density at radius 1 is 1.32 bits per heavy atom. The monoisotopic (exact) mass is 318 g/mol. The van der Waals surface area contributed by atoms with Gasteiger partial charge in [-0.15, -0.1) is 0 Å². The van der Waals surface area contributed by atoms with Crippen LogP contribution in [-0.2, 0) is 15.7 Å². The van der Waals surface area contributed by atoms with E-state index in [-0.39, 0.29) is 30.0 Å². The Morgan fingerprint density at radius 2 is 1.95 bits per heavy atom. The number of nitrogens with zero attached hydrogens (tertiary/aromatic N) is 1. The molecule has 2 aromatic heterocycles. The molecule has 3 heterocycles. The average Bonchev–Trinajstić information content (AvgIpc) is 2.88. The van der Waals surface area contributed by atoms with Crippen LogP contribution in [0.25, 0.3) is 10.9 Å². The minimum Gasteiger partial charge on any atom is -0.358 e. The SMILES string of the molecule is Cc1cc(=O)c2c(C3OCCO3)nc(F)c(C(F)(F)F)c2[nH]1. The maximum atomic E-state index is 13.9. The lowest BCUT2D eigenvalue weighted by Gasteiger charge is -2.16. The van der Waals surface area contributed by atoms with Gasteiger partial charge in [0, 0.05) is 11.8 Å². The second-order valence-electron chi connectivity index (χ2n) is 4.80. The van der Waals surface area contributed by atoms with Crippen LogP contribution in [0.4, 0.5) is 17.6 Å². The van der Waals surface area contributed by atoms with Crippen LogP contribution in [0.1, 0.15) is 23.2 Å². The van der Waals surface area contributed by atoms with E-state index in [0.717, 1.165) is 6.07 Å². The molecule has 118 valence electrons. The second kappa shape index (κ2) is 5.03. The molecule has 0 unspecified atom stereocenters. The molecule has 22 heavy (non-hydrogen) atoms. The Labute approximate surface area is 120 Å². The molecule has 0 spiro atoms. The maximum absolute atomic E-state index is 13.9. The van der Waals surface area contributed by atoms with E-state index in [1.807, 2.05) is 0 Å². The summed E-state index contributed by atoms with van der Waals surface area (Å²) in [5.74, 6) is -1.73. The van der Waals surface area contributed by atoms with Gasteiger partial charge >= 0.3 is 6.18 Å². The molecule has 1 fully saturated rings. The molecular formula is C13H10F4N2O3. The van der Waals surface area contributed by atoms with Crippen LogP contribution in [0.15, 0.2) is 10.9 Å². The zero-order valence-electron chi connectivity index (χ0n) is 11.3. The summed E-state index contributed by atoms with van der Waals surface area (Å²) in [6.45, 7) is 1.77. The number of aryl methyl sites for hydroxylation is 1. The van der Waals surface area contributed by atoms with Gasteiger partial charge in [0.25, 0.3) is 0 Å². The van der Waals surface area contributed by atoms with Crippen molar-refractivity contribution >= 4 is 10.9 Å². The van der Waals surface area contributed by atoms with E-state index in [1.165, 1.54) is 6.92 Å². The number of hydrogen-bond donors (Lipinski definition) is 1. The number of ether oxygens (including phenoxy) is 2. The summed E-state index contributed by atoms with van der Waals surface area (Å²) < 4.78 is 63.4. The van der Waals surface area contributed by atoms with E-state index in [9.17, 15) is 22.4 Å². The molecule has 0 bridgehead atoms. The molecule has 3 rings (SSSR count). The third-order valence-corrected chi connectivity index (χ3v) is 3.23. The van der Waals surface area contributed by atoms with Gasteiger partial charge in [-0.05, 0) is 6.92 Å². The topological polar surface area (TPSA) is 64.2 Å². The number of hydrogen-bond acceptors (Lipinski definition) is 4. The average molecular weight is 318 g/mol. The van der Waals surface area contributed by atoms with Gasteiger partial charge in [0.05, 0.1) is 24.1 Å². The minimum atomic E-state index is -5.00. The zero-order valence-corrected chi connectivity index (χ0v) is 11.3. The number of alkyl halides is 3. The van der Waals surface area contributed by atoms with Crippen molar-refractivity contribution in [2.24, 2.45) is 0 Å². The van der Waals surface area contributed by atoms with Crippen molar-refractivity contribution in [1.29, 1.82) is 0 Å². The smallest absolute Gasteiger partial charge is 0.358 e. The predicted octanol–water partition coefficient (Wildman–Crippen LogP) is 2.43. The fourth-order valence-corrected chi connectivity index (χ4v) is 2.40. The van der Waals surface area contributed by atoms with Crippen LogP contribution in [0.3, 0.4) is 0 Å².